The summed E-state index contributed by atoms with van der Waals surface area (Å²) in [6, 6.07) is 25.7. The molecule has 0 aliphatic carbocycles. The first-order valence-electron chi connectivity index (χ1n) is 13.1. The van der Waals surface area contributed by atoms with Crippen molar-refractivity contribution in [1.29, 1.82) is 0 Å². The summed E-state index contributed by atoms with van der Waals surface area (Å²) in [6.45, 7) is 5.73. The lowest BCUT2D eigenvalue weighted by Gasteiger charge is -2.28. The van der Waals surface area contributed by atoms with E-state index in [1.54, 1.807) is 7.11 Å². The number of rotatable bonds is 8. The van der Waals surface area contributed by atoms with Gasteiger partial charge in [0.2, 0.25) is 0 Å². The lowest BCUT2D eigenvalue weighted by molar-refractivity contribution is 0.0965. The number of benzene rings is 3. The van der Waals surface area contributed by atoms with Crippen LogP contribution in [0.2, 0.25) is 0 Å². The molecule has 5 nitrogen and oxygen atoms in total. The molecule has 1 amide bonds. The number of hydrogen-bond donors (Lipinski definition) is 1. The normalized spacial score (nSPS) is 21.9. The highest BCUT2D eigenvalue weighted by Crippen LogP contribution is 2.37. The van der Waals surface area contributed by atoms with E-state index < -0.39 is 0 Å². The van der Waals surface area contributed by atoms with Crippen molar-refractivity contribution in [3.8, 4) is 11.5 Å². The summed E-state index contributed by atoms with van der Waals surface area (Å²) in [5, 5.41) is 2.89. The number of carbonyl (C=O) groups is 1. The van der Waals surface area contributed by atoms with Crippen LogP contribution in [-0.4, -0.2) is 43.7 Å². The Morgan fingerprint density at radius 2 is 1.78 bits per heavy atom. The van der Waals surface area contributed by atoms with Crippen molar-refractivity contribution < 1.29 is 14.3 Å². The van der Waals surface area contributed by atoms with Gasteiger partial charge in [-0.05, 0) is 79.6 Å². The Hall–Kier alpha value is -3.31. The van der Waals surface area contributed by atoms with Crippen LogP contribution in [-0.2, 0) is 13.0 Å². The topological polar surface area (TPSA) is 50.8 Å². The van der Waals surface area contributed by atoms with Gasteiger partial charge in [0, 0.05) is 30.6 Å². The van der Waals surface area contributed by atoms with Crippen LogP contribution >= 0.6 is 0 Å². The highest BCUT2D eigenvalue weighted by molar-refractivity contribution is 5.98. The molecule has 0 radical (unpaired) electrons. The molecule has 36 heavy (non-hydrogen) atoms. The molecule has 0 spiro atoms. The summed E-state index contributed by atoms with van der Waals surface area (Å²) in [6.07, 6.45) is 3.22. The van der Waals surface area contributed by atoms with Gasteiger partial charge in [-0.25, -0.2) is 0 Å². The number of carbonyl (C=O) groups excluding carboxylic acids is 1. The molecule has 2 heterocycles. The van der Waals surface area contributed by atoms with Gasteiger partial charge in [0.1, 0.15) is 11.5 Å². The minimum absolute atomic E-state index is 0.0105. The number of amides is 1. The molecule has 1 N–H and O–H groups in total. The molecule has 188 valence electrons. The quantitative estimate of drug-likeness (QED) is 0.462. The number of nitrogens with one attached hydrogen (secondary N) is 1. The maximum atomic E-state index is 12.1. The van der Waals surface area contributed by atoms with Crippen molar-refractivity contribution in [1.82, 2.24) is 10.2 Å². The summed E-state index contributed by atoms with van der Waals surface area (Å²) in [5.41, 5.74) is 4.51. The third kappa shape index (κ3) is 5.57. The summed E-state index contributed by atoms with van der Waals surface area (Å²) in [7, 11) is 1.71. The Labute approximate surface area is 214 Å². The van der Waals surface area contributed by atoms with Crippen molar-refractivity contribution in [3.05, 3.63) is 95.1 Å². The Balaban J connectivity index is 1.32. The van der Waals surface area contributed by atoms with Crippen LogP contribution in [0.5, 0.6) is 11.5 Å². The molecule has 5 rings (SSSR count). The van der Waals surface area contributed by atoms with Gasteiger partial charge in [-0.2, -0.15) is 0 Å². The summed E-state index contributed by atoms with van der Waals surface area (Å²) in [5.74, 6) is 2.42. The van der Waals surface area contributed by atoms with Gasteiger partial charge in [-0.1, -0.05) is 48.5 Å². The van der Waals surface area contributed by atoms with Crippen molar-refractivity contribution in [2.45, 2.75) is 44.7 Å². The van der Waals surface area contributed by atoms with E-state index in [0.717, 1.165) is 55.0 Å². The zero-order valence-electron chi connectivity index (χ0n) is 21.3. The smallest absolute Gasteiger partial charge is 0.252 e. The largest absolute Gasteiger partial charge is 0.497 e. The van der Waals surface area contributed by atoms with Crippen molar-refractivity contribution in [2.75, 3.05) is 26.8 Å². The van der Waals surface area contributed by atoms with Crippen LogP contribution in [0, 0.1) is 5.92 Å². The lowest BCUT2D eigenvalue weighted by Crippen LogP contribution is -2.35. The zero-order chi connectivity index (χ0) is 24.9. The second kappa shape index (κ2) is 11.2. The highest BCUT2D eigenvalue weighted by atomic mass is 16.5. The molecule has 2 aliphatic heterocycles. The molecule has 3 atom stereocenters. The molecule has 2 aliphatic rings. The average molecular weight is 485 g/mol. The zero-order valence-corrected chi connectivity index (χ0v) is 21.3. The van der Waals surface area contributed by atoms with Gasteiger partial charge >= 0.3 is 0 Å². The fourth-order valence-corrected chi connectivity index (χ4v) is 5.72. The SMILES string of the molecule is COc1ccc(C2CCN(CCc3ccccc3)C(C)CC2COc2ccc3c(c2)C(=O)NC3)cc1. The maximum absolute atomic E-state index is 12.1. The Morgan fingerprint density at radius 3 is 2.56 bits per heavy atom. The minimum atomic E-state index is -0.0105. The Kier molecular flexibility index (Phi) is 7.57. The summed E-state index contributed by atoms with van der Waals surface area (Å²) < 4.78 is 11.8. The number of fused-ring (bicyclic) bond motifs is 1. The van der Waals surface area contributed by atoms with Gasteiger partial charge in [-0.3, -0.25) is 4.79 Å². The van der Waals surface area contributed by atoms with Gasteiger partial charge in [-0.15, -0.1) is 0 Å². The van der Waals surface area contributed by atoms with E-state index in [4.69, 9.17) is 9.47 Å². The third-order valence-electron chi connectivity index (χ3n) is 7.87. The molecule has 0 saturated carbocycles. The number of ether oxygens (including phenoxy) is 2. The van der Waals surface area contributed by atoms with Gasteiger partial charge < -0.3 is 19.7 Å². The first-order valence-corrected chi connectivity index (χ1v) is 13.1. The number of hydrogen-bond acceptors (Lipinski definition) is 4. The van der Waals surface area contributed by atoms with Crippen LogP contribution in [0.15, 0.2) is 72.8 Å². The molecule has 0 bridgehead atoms. The number of methoxy groups -OCH3 is 1. The van der Waals surface area contributed by atoms with Crippen LogP contribution in [0.25, 0.3) is 0 Å². The van der Waals surface area contributed by atoms with Crippen LogP contribution in [0.1, 0.15) is 52.7 Å². The molecule has 1 fully saturated rings. The first-order chi connectivity index (χ1) is 17.6. The van der Waals surface area contributed by atoms with E-state index in [1.807, 2.05) is 18.2 Å². The Bertz CT molecular complexity index is 1160. The van der Waals surface area contributed by atoms with E-state index in [9.17, 15) is 4.79 Å². The van der Waals surface area contributed by atoms with E-state index in [1.165, 1.54) is 11.1 Å². The van der Waals surface area contributed by atoms with Crippen LogP contribution in [0.3, 0.4) is 0 Å². The molecular weight excluding hydrogens is 448 g/mol. The number of likely N-dealkylation sites (tertiary alicyclic amines) is 1. The molecule has 3 aromatic carbocycles. The Morgan fingerprint density at radius 1 is 1.00 bits per heavy atom. The maximum Gasteiger partial charge on any atom is 0.252 e. The second-order valence-corrected chi connectivity index (χ2v) is 10.1. The van der Waals surface area contributed by atoms with Gasteiger partial charge in [0.15, 0.2) is 0 Å². The predicted molar refractivity (Wildman–Crippen MR) is 143 cm³/mol. The molecule has 3 aromatic rings. The van der Waals surface area contributed by atoms with Gasteiger partial charge in [0.05, 0.1) is 13.7 Å². The molecule has 1 saturated heterocycles. The van der Waals surface area contributed by atoms with E-state index in [2.05, 4.69) is 71.7 Å². The van der Waals surface area contributed by atoms with E-state index >= 15 is 0 Å². The number of nitrogens with zero attached hydrogens (tertiary/aromatic N) is 1. The second-order valence-electron chi connectivity index (χ2n) is 10.1. The fraction of sp³-hybridized carbons (Fsp3) is 0.387. The average Bonchev–Trinajstić information content (AvgIpc) is 3.20. The van der Waals surface area contributed by atoms with Gasteiger partial charge in [0.25, 0.3) is 5.91 Å². The molecule has 5 heteroatoms. The molecule has 3 unspecified atom stereocenters. The third-order valence-corrected chi connectivity index (χ3v) is 7.87. The van der Waals surface area contributed by atoms with Crippen LogP contribution in [0.4, 0.5) is 0 Å². The first kappa shape index (κ1) is 24.4. The van der Waals surface area contributed by atoms with E-state index in [-0.39, 0.29) is 5.91 Å². The van der Waals surface area contributed by atoms with Crippen LogP contribution < -0.4 is 14.8 Å². The van der Waals surface area contributed by atoms with E-state index in [0.29, 0.717) is 31.0 Å². The lowest BCUT2D eigenvalue weighted by atomic mass is 9.82. The van der Waals surface area contributed by atoms with Crippen molar-refractivity contribution >= 4 is 5.91 Å². The molecule has 0 aromatic heterocycles. The monoisotopic (exact) mass is 484 g/mol. The standard InChI is InChI=1S/C31H36N2O3/c1-22-18-26(21-36-28-13-10-25-20-32-31(34)30(25)19-28)29(24-8-11-27(35-2)12-9-24)15-17-33(22)16-14-23-6-4-3-5-7-23/h3-13,19,22,26,29H,14-18,20-21H2,1-2H3,(H,32,34). The fourth-order valence-electron chi connectivity index (χ4n) is 5.72. The van der Waals surface area contributed by atoms with Crippen molar-refractivity contribution in [3.63, 3.8) is 0 Å². The van der Waals surface area contributed by atoms with Crippen molar-refractivity contribution in [2.24, 2.45) is 5.92 Å². The minimum Gasteiger partial charge on any atom is -0.497 e. The summed E-state index contributed by atoms with van der Waals surface area (Å²) in [4.78, 5) is 14.8. The highest BCUT2D eigenvalue weighted by Gasteiger charge is 2.32. The summed E-state index contributed by atoms with van der Waals surface area (Å²) >= 11 is 0. The molecular formula is C31H36N2O3. The predicted octanol–water partition coefficient (Wildman–Crippen LogP) is 5.44.